The molecule has 1 unspecified atom stereocenters. The third-order valence-electron chi connectivity index (χ3n) is 2.95. The van der Waals surface area contributed by atoms with Crippen LogP contribution in [-0.4, -0.2) is 9.78 Å². The van der Waals surface area contributed by atoms with Gasteiger partial charge in [0.2, 0.25) is 0 Å². The van der Waals surface area contributed by atoms with E-state index >= 15 is 0 Å². The van der Waals surface area contributed by atoms with E-state index < -0.39 is 0 Å². The summed E-state index contributed by atoms with van der Waals surface area (Å²) in [7, 11) is 1.93. The van der Waals surface area contributed by atoms with E-state index in [4.69, 9.17) is 17.3 Å². The maximum absolute atomic E-state index is 6.22. The van der Waals surface area contributed by atoms with Crippen LogP contribution in [0.4, 0.5) is 0 Å². The van der Waals surface area contributed by atoms with E-state index in [9.17, 15) is 0 Å². The summed E-state index contributed by atoms with van der Waals surface area (Å²) in [5.74, 6) is 0. The van der Waals surface area contributed by atoms with Crippen molar-refractivity contribution in [3.63, 3.8) is 0 Å². The Kier molecular flexibility index (Phi) is 4.10. The largest absolute Gasteiger partial charge is 0.324 e. The lowest BCUT2D eigenvalue weighted by Gasteiger charge is -2.13. The van der Waals surface area contributed by atoms with Crippen molar-refractivity contribution in [2.24, 2.45) is 12.8 Å². The smallest absolute Gasteiger partial charge is 0.0738 e. The van der Waals surface area contributed by atoms with Gasteiger partial charge in [0.05, 0.1) is 15.9 Å². The molecular formula is C13H15BrClN3. The molecule has 1 aromatic carbocycles. The molecule has 0 bridgehead atoms. The molecule has 5 heteroatoms. The third kappa shape index (κ3) is 2.76. The zero-order valence-electron chi connectivity index (χ0n) is 10.3. The summed E-state index contributed by atoms with van der Waals surface area (Å²) in [5, 5.41) is 5.07. The predicted octanol–water partition coefficient (Wildman–Crippen LogP) is 3.39. The summed E-state index contributed by atoms with van der Waals surface area (Å²) < 4.78 is 2.89. The fraction of sp³-hybridized carbons (Fsp3) is 0.308. The van der Waals surface area contributed by atoms with Crippen molar-refractivity contribution in [1.29, 1.82) is 0 Å². The Morgan fingerprint density at radius 2 is 2.22 bits per heavy atom. The van der Waals surface area contributed by atoms with Crippen LogP contribution in [0, 0.1) is 6.92 Å². The Bertz CT molecular complexity index is 565. The zero-order chi connectivity index (χ0) is 13.3. The highest BCUT2D eigenvalue weighted by Crippen LogP contribution is 2.25. The Morgan fingerprint density at radius 1 is 1.50 bits per heavy atom. The first-order chi connectivity index (χ1) is 8.49. The van der Waals surface area contributed by atoms with Crippen molar-refractivity contribution in [2.45, 2.75) is 19.4 Å². The lowest BCUT2D eigenvalue weighted by molar-refractivity contribution is 0.638. The molecule has 0 saturated carbocycles. The molecule has 0 aliphatic carbocycles. The maximum atomic E-state index is 6.22. The van der Waals surface area contributed by atoms with Crippen LogP contribution in [0.5, 0.6) is 0 Å². The first kappa shape index (κ1) is 13.6. The van der Waals surface area contributed by atoms with Crippen molar-refractivity contribution < 1.29 is 0 Å². The number of aryl methyl sites for hydroxylation is 2. The molecule has 0 spiro atoms. The second-order valence-corrected chi connectivity index (χ2v) is 5.56. The molecule has 18 heavy (non-hydrogen) atoms. The van der Waals surface area contributed by atoms with Crippen LogP contribution >= 0.6 is 27.5 Å². The SMILES string of the molecule is Cc1nn(C)c(CC(N)c2cccc(Cl)c2)c1Br. The van der Waals surface area contributed by atoms with Crippen LogP contribution in [0.3, 0.4) is 0 Å². The molecule has 0 saturated heterocycles. The van der Waals surface area contributed by atoms with Crippen LogP contribution in [-0.2, 0) is 13.5 Å². The van der Waals surface area contributed by atoms with E-state index in [0.29, 0.717) is 5.02 Å². The van der Waals surface area contributed by atoms with Gasteiger partial charge >= 0.3 is 0 Å². The summed E-state index contributed by atoms with van der Waals surface area (Å²) in [6, 6.07) is 7.58. The van der Waals surface area contributed by atoms with Crippen LogP contribution in [0.25, 0.3) is 0 Å². The highest BCUT2D eigenvalue weighted by molar-refractivity contribution is 9.10. The van der Waals surface area contributed by atoms with Gasteiger partial charge in [-0.15, -0.1) is 0 Å². The second kappa shape index (κ2) is 5.43. The number of rotatable bonds is 3. The highest BCUT2D eigenvalue weighted by Gasteiger charge is 2.15. The van der Waals surface area contributed by atoms with E-state index in [1.807, 2.05) is 42.9 Å². The van der Waals surface area contributed by atoms with Crippen LogP contribution in [0.1, 0.15) is 23.0 Å². The molecule has 0 aliphatic rings. The monoisotopic (exact) mass is 327 g/mol. The third-order valence-corrected chi connectivity index (χ3v) is 4.22. The minimum atomic E-state index is -0.0881. The molecule has 1 atom stereocenters. The summed E-state index contributed by atoms with van der Waals surface area (Å²) in [6.45, 7) is 1.97. The van der Waals surface area contributed by atoms with Crippen molar-refractivity contribution in [1.82, 2.24) is 9.78 Å². The molecule has 1 aromatic heterocycles. The molecule has 0 aliphatic heterocycles. The van der Waals surface area contributed by atoms with Gasteiger partial charge in [-0.1, -0.05) is 23.7 Å². The zero-order valence-corrected chi connectivity index (χ0v) is 12.7. The van der Waals surface area contributed by atoms with Gasteiger partial charge in [0.15, 0.2) is 0 Å². The van der Waals surface area contributed by atoms with E-state index in [1.54, 1.807) is 0 Å². The fourth-order valence-corrected chi connectivity index (χ4v) is 2.66. The Morgan fingerprint density at radius 3 is 2.78 bits per heavy atom. The Hall–Kier alpha value is -0.840. The average Bonchev–Trinajstić information content (AvgIpc) is 2.56. The topological polar surface area (TPSA) is 43.8 Å². The molecule has 2 N–H and O–H groups in total. The summed E-state index contributed by atoms with van der Waals surface area (Å²) in [6.07, 6.45) is 0.721. The minimum Gasteiger partial charge on any atom is -0.324 e. The van der Waals surface area contributed by atoms with Crippen molar-refractivity contribution in [3.8, 4) is 0 Å². The van der Waals surface area contributed by atoms with Crippen molar-refractivity contribution in [2.75, 3.05) is 0 Å². The van der Waals surface area contributed by atoms with Crippen LogP contribution < -0.4 is 5.73 Å². The number of hydrogen-bond donors (Lipinski definition) is 1. The van der Waals surface area contributed by atoms with Gasteiger partial charge < -0.3 is 5.73 Å². The lowest BCUT2D eigenvalue weighted by Crippen LogP contribution is -2.15. The number of nitrogens with two attached hydrogens (primary N) is 1. The quantitative estimate of drug-likeness (QED) is 0.938. The highest BCUT2D eigenvalue weighted by atomic mass is 79.9. The number of aromatic nitrogens is 2. The number of halogens is 2. The molecule has 3 nitrogen and oxygen atoms in total. The summed E-state index contributed by atoms with van der Waals surface area (Å²) in [5.41, 5.74) is 9.33. The van der Waals surface area contributed by atoms with Crippen LogP contribution in [0.15, 0.2) is 28.7 Å². The van der Waals surface area contributed by atoms with Gasteiger partial charge in [0.1, 0.15) is 0 Å². The standard InChI is InChI=1S/C13H15BrClN3/c1-8-13(14)12(18(2)17-8)7-11(16)9-4-3-5-10(15)6-9/h3-6,11H,7,16H2,1-2H3. The first-order valence-corrected chi connectivity index (χ1v) is 6.85. The van der Waals surface area contributed by atoms with E-state index in [1.165, 1.54) is 0 Å². The van der Waals surface area contributed by atoms with Gasteiger partial charge in [0, 0.05) is 24.5 Å². The van der Waals surface area contributed by atoms with E-state index in [2.05, 4.69) is 21.0 Å². The molecular weight excluding hydrogens is 314 g/mol. The molecule has 0 fully saturated rings. The lowest BCUT2D eigenvalue weighted by atomic mass is 10.0. The summed E-state index contributed by atoms with van der Waals surface area (Å²) >= 11 is 9.53. The van der Waals surface area contributed by atoms with Gasteiger partial charge in [0.25, 0.3) is 0 Å². The normalized spacial score (nSPS) is 12.7. The predicted molar refractivity (Wildman–Crippen MR) is 77.7 cm³/mol. The number of benzene rings is 1. The molecule has 1 heterocycles. The van der Waals surface area contributed by atoms with Crippen molar-refractivity contribution in [3.05, 3.63) is 50.7 Å². The minimum absolute atomic E-state index is 0.0881. The Labute approximate surface area is 120 Å². The van der Waals surface area contributed by atoms with E-state index in [0.717, 1.165) is 27.8 Å². The van der Waals surface area contributed by atoms with E-state index in [-0.39, 0.29) is 6.04 Å². The molecule has 2 rings (SSSR count). The van der Waals surface area contributed by atoms with Gasteiger partial charge in [-0.2, -0.15) is 5.10 Å². The summed E-state index contributed by atoms with van der Waals surface area (Å²) in [4.78, 5) is 0. The second-order valence-electron chi connectivity index (χ2n) is 4.34. The molecule has 0 radical (unpaired) electrons. The molecule has 0 amide bonds. The first-order valence-electron chi connectivity index (χ1n) is 5.68. The molecule has 2 aromatic rings. The van der Waals surface area contributed by atoms with Crippen LogP contribution in [0.2, 0.25) is 5.02 Å². The van der Waals surface area contributed by atoms with Crippen molar-refractivity contribution >= 4 is 27.5 Å². The Balaban J connectivity index is 2.24. The number of nitrogens with zero attached hydrogens (tertiary/aromatic N) is 2. The van der Waals surface area contributed by atoms with Gasteiger partial charge in [-0.05, 0) is 40.5 Å². The molecule has 96 valence electrons. The fourth-order valence-electron chi connectivity index (χ4n) is 1.97. The van der Waals surface area contributed by atoms with Gasteiger partial charge in [-0.3, -0.25) is 4.68 Å². The number of hydrogen-bond acceptors (Lipinski definition) is 2. The average molecular weight is 329 g/mol. The van der Waals surface area contributed by atoms with Gasteiger partial charge in [-0.25, -0.2) is 0 Å². The maximum Gasteiger partial charge on any atom is 0.0738 e.